The van der Waals surface area contributed by atoms with Crippen molar-refractivity contribution in [3.05, 3.63) is 45.2 Å². The Kier molecular flexibility index (Phi) is 5.18. The summed E-state index contributed by atoms with van der Waals surface area (Å²) >= 11 is 3.17. The fourth-order valence-corrected chi connectivity index (χ4v) is 2.45. The molecule has 0 aliphatic rings. The normalized spacial score (nSPS) is 10.3. The fraction of sp³-hybridized carbons (Fsp3) is 0.154. The van der Waals surface area contributed by atoms with Crippen molar-refractivity contribution in [2.75, 3.05) is 6.26 Å². The van der Waals surface area contributed by atoms with E-state index in [-0.39, 0.29) is 5.69 Å². The summed E-state index contributed by atoms with van der Waals surface area (Å²) in [6.45, 7) is 0.334. The first kappa shape index (κ1) is 15.0. The Balaban J connectivity index is 2.26. The van der Waals surface area contributed by atoms with E-state index < -0.39 is 5.97 Å². The molecule has 0 amide bonds. The average Bonchev–Trinajstić information content (AvgIpc) is 2.47. The molecule has 0 aliphatic heterocycles. The van der Waals surface area contributed by atoms with Crippen LogP contribution in [0, 0.1) is 3.57 Å². The van der Waals surface area contributed by atoms with Gasteiger partial charge in [0, 0.05) is 0 Å². The van der Waals surface area contributed by atoms with E-state index in [0.717, 1.165) is 5.56 Å². The maximum absolute atomic E-state index is 11.2. The summed E-state index contributed by atoms with van der Waals surface area (Å²) in [6.07, 6.45) is 1.79. The van der Waals surface area contributed by atoms with Crippen LogP contribution in [-0.2, 0) is 6.61 Å². The molecule has 0 saturated carbocycles. The smallest absolute Gasteiger partial charge is 0.355 e. The lowest BCUT2D eigenvalue weighted by molar-refractivity contribution is 0.0686. The monoisotopic (exact) mass is 402 g/mol. The molecule has 1 heterocycles. The van der Waals surface area contributed by atoms with Crippen molar-refractivity contribution < 1.29 is 14.6 Å². The molecule has 0 radical (unpaired) electrons. The average molecular weight is 402 g/mol. The Bertz CT molecular complexity index is 623. The number of hydrogen-bond acceptors (Lipinski definition) is 5. The van der Waals surface area contributed by atoms with Crippen molar-refractivity contribution in [3.63, 3.8) is 0 Å². The summed E-state index contributed by atoms with van der Waals surface area (Å²) in [5, 5.41) is 9.52. The van der Waals surface area contributed by atoms with Gasteiger partial charge in [0.25, 0.3) is 0 Å². The third kappa shape index (κ3) is 3.60. The Hall–Kier alpha value is -1.35. The van der Waals surface area contributed by atoms with Gasteiger partial charge in [-0.1, -0.05) is 42.1 Å². The van der Waals surface area contributed by atoms with E-state index in [9.17, 15) is 4.79 Å². The summed E-state index contributed by atoms with van der Waals surface area (Å²) in [7, 11) is 0. The fourth-order valence-electron chi connectivity index (χ4n) is 1.46. The molecule has 1 aromatic carbocycles. The minimum atomic E-state index is -1.09. The Morgan fingerprint density at radius 1 is 1.35 bits per heavy atom. The molecule has 7 heteroatoms. The second kappa shape index (κ2) is 6.89. The molecule has 0 aliphatic carbocycles. The zero-order valence-electron chi connectivity index (χ0n) is 10.5. The maximum atomic E-state index is 11.2. The van der Waals surface area contributed by atoms with Crippen LogP contribution < -0.4 is 4.74 Å². The second-order valence-corrected chi connectivity index (χ2v) is 5.61. The van der Waals surface area contributed by atoms with Gasteiger partial charge in [-0.3, -0.25) is 0 Å². The molecule has 0 fully saturated rings. The molecule has 0 saturated heterocycles. The van der Waals surface area contributed by atoms with E-state index in [1.807, 2.05) is 52.9 Å². The number of benzene rings is 1. The molecule has 2 aromatic rings. The largest absolute Gasteiger partial charge is 0.476 e. The Morgan fingerprint density at radius 2 is 2.05 bits per heavy atom. The first-order valence-corrected chi connectivity index (χ1v) is 7.93. The number of carboxylic acid groups (broad SMARTS) is 1. The Morgan fingerprint density at radius 3 is 2.65 bits per heavy atom. The maximum Gasteiger partial charge on any atom is 0.355 e. The molecule has 0 unspecified atom stereocenters. The van der Waals surface area contributed by atoms with Gasteiger partial charge in [-0.2, -0.15) is 4.98 Å². The van der Waals surface area contributed by atoms with Gasteiger partial charge < -0.3 is 9.84 Å². The van der Waals surface area contributed by atoms with Crippen molar-refractivity contribution in [1.82, 2.24) is 9.97 Å². The van der Waals surface area contributed by atoms with Crippen LogP contribution in [0.25, 0.3) is 0 Å². The third-order valence-corrected chi connectivity index (χ3v) is 3.92. The van der Waals surface area contributed by atoms with Gasteiger partial charge >= 0.3 is 5.97 Å². The number of aromatic nitrogens is 2. The summed E-state index contributed by atoms with van der Waals surface area (Å²) in [5.41, 5.74) is 0.956. The van der Waals surface area contributed by atoms with Crippen molar-refractivity contribution in [2.45, 2.75) is 11.8 Å². The minimum absolute atomic E-state index is 0.0342. The number of ether oxygens (including phenoxy) is 1. The molecule has 5 nitrogen and oxygen atoms in total. The molecule has 104 valence electrons. The van der Waals surface area contributed by atoms with Crippen LogP contribution in [0.1, 0.15) is 16.1 Å². The van der Waals surface area contributed by atoms with Gasteiger partial charge in [0.2, 0.25) is 5.88 Å². The second-order valence-electron chi connectivity index (χ2n) is 3.76. The summed E-state index contributed by atoms with van der Waals surface area (Å²) in [4.78, 5) is 19.3. The van der Waals surface area contributed by atoms with Crippen LogP contribution in [0.5, 0.6) is 5.88 Å². The lowest BCUT2D eigenvalue weighted by Gasteiger charge is -2.10. The highest BCUT2D eigenvalue weighted by atomic mass is 127. The molecule has 1 aromatic heterocycles. The minimum Gasteiger partial charge on any atom is -0.476 e. The summed E-state index contributed by atoms with van der Waals surface area (Å²) in [5.74, 6) is -0.789. The third-order valence-electron chi connectivity index (χ3n) is 2.40. The zero-order valence-corrected chi connectivity index (χ0v) is 13.5. The molecule has 0 spiro atoms. The summed E-state index contributed by atoms with van der Waals surface area (Å²) < 4.78 is 6.03. The van der Waals surface area contributed by atoms with E-state index in [0.29, 0.717) is 21.2 Å². The summed E-state index contributed by atoms with van der Waals surface area (Å²) in [6, 6.07) is 9.62. The highest BCUT2D eigenvalue weighted by molar-refractivity contribution is 14.1. The first-order valence-electron chi connectivity index (χ1n) is 5.63. The van der Waals surface area contributed by atoms with Crippen LogP contribution in [0.2, 0.25) is 0 Å². The van der Waals surface area contributed by atoms with E-state index in [1.165, 1.54) is 11.8 Å². The Labute approximate surface area is 133 Å². The number of carboxylic acids is 1. The van der Waals surface area contributed by atoms with E-state index in [4.69, 9.17) is 9.84 Å². The van der Waals surface area contributed by atoms with Gasteiger partial charge in [-0.05, 0) is 34.4 Å². The standard InChI is InChI=1S/C13H11IN2O3S/c1-20-13-15-10(12(17)18)9(14)11(16-13)19-7-8-5-3-2-4-6-8/h2-6H,7H2,1H3,(H,17,18). The SMILES string of the molecule is CSc1nc(OCc2ccccc2)c(I)c(C(=O)O)n1. The first-order chi connectivity index (χ1) is 9.61. The number of aromatic carboxylic acids is 1. The molecule has 20 heavy (non-hydrogen) atoms. The van der Waals surface area contributed by atoms with Crippen LogP contribution >= 0.6 is 34.4 Å². The van der Waals surface area contributed by atoms with Crippen LogP contribution in [0.4, 0.5) is 0 Å². The number of thioether (sulfide) groups is 1. The number of halogens is 1. The van der Waals surface area contributed by atoms with Crippen molar-refractivity contribution in [2.24, 2.45) is 0 Å². The molecule has 2 rings (SSSR count). The zero-order chi connectivity index (χ0) is 14.5. The van der Waals surface area contributed by atoms with Crippen molar-refractivity contribution in [3.8, 4) is 5.88 Å². The highest BCUT2D eigenvalue weighted by Crippen LogP contribution is 2.25. The van der Waals surface area contributed by atoms with Crippen LogP contribution in [0.15, 0.2) is 35.5 Å². The van der Waals surface area contributed by atoms with Crippen molar-refractivity contribution in [1.29, 1.82) is 0 Å². The molecule has 0 atom stereocenters. The van der Waals surface area contributed by atoms with Crippen LogP contribution in [-0.4, -0.2) is 27.3 Å². The van der Waals surface area contributed by atoms with Gasteiger partial charge in [-0.15, -0.1) is 0 Å². The number of carbonyl (C=O) groups is 1. The molecule has 0 bridgehead atoms. The number of hydrogen-bond donors (Lipinski definition) is 1. The molecular weight excluding hydrogens is 391 g/mol. The molecular formula is C13H11IN2O3S. The van der Waals surface area contributed by atoms with Gasteiger partial charge in [-0.25, -0.2) is 9.78 Å². The van der Waals surface area contributed by atoms with Gasteiger partial charge in [0.05, 0.1) is 0 Å². The van der Waals surface area contributed by atoms with Crippen molar-refractivity contribution >= 4 is 40.3 Å². The quantitative estimate of drug-likeness (QED) is 0.471. The van der Waals surface area contributed by atoms with Gasteiger partial charge in [0.1, 0.15) is 10.2 Å². The lowest BCUT2D eigenvalue weighted by atomic mass is 10.2. The predicted octanol–water partition coefficient (Wildman–Crippen LogP) is 3.08. The van der Waals surface area contributed by atoms with E-state index in [1.54, 1.807) is 6.26 Å². The molecule has 1 N–H and O–H groups in total. The lowest BCUT2D eigenvalue weighted by Crippen LogP contribution is -2.09. The number of rotatable bonds is 5. The van der Waals surface area contributed by atoms with E-state index >= 15 is 0 Å². The topological polar surface area (TPSA) is 72.3 Å². The number of nitrogens with zero attached hydrogens (tertiary/aromatic N) is 2. The van der Waals surface area contributed by atoms with E-state index in [2.05, 4.69) is 9.97 Å². The highest BCUT2D eigenvalue weighted by Gasteiger charge is 2.18. The predicted molar refractivity (Wildman–Crippen MR) is 84.3 cm³/mol. The van der Waals surface area contributed by atoms with Crippen LogP contribution in [0.3, 0.4) is 0 Å². The van der Waals surface area contributed by atoms with Gasteiger partial charge in [0.15, 0.2) is 10.9 Å².